The zero-order valence-corrected chi connectivity index (χ0v) is 18.3. The fourth-order valence-electron chi connectivity index (χ4n) is 3.48. The highest BCUT2D eigenvalue weighted by atomic mass is 32.1. The summed E-state index contributed by atoms with van der Waals surface area (Å²) in [6.45, 7) is 7.28. The summed E-state index contributed by atoms with van der Waals surface area (Å²) in [6.07, 6.45) is 6.26. The normalized spacial score (nSPS) is 15.6. The minimum Gasteiger partial charge on any atom is -0.493 e. The molecule has 2 aromatic rings. The van der Waals surface area contributed by atoms with E-state index in [0.717, 1.165) is 36.8 Å². The molecule has 2 heterocycles. The molecule has 0 radical (unpaired) electrons. The van der Waals surface area contributed by atoms with Gasteiger partial charge in [0.15, 0.2) is 16.6 Å². The minimum atomic E-state index is -0.218. The van der Waals surface area contributed by atoms with Crippen molar-refractivity contribution in [2.75, 3.05) is 32.6 Å². The molecule has 0 spiro atoms. The number of anilines is 1. The highest BCUT2D eigenvalue weighted by Crippen LogP contribution is 2.34. The maximum Gasteiger partial charge on any atom is 0.257 e. The predicted molar refractivity (Wildman–Crippen MR) is 118 cm³/mol. The third kappa shape index (κ3) is 5.36. The minimum absolute atomic E-state index is 0.218. The Kier molecular flexibility index (Phi) is 7.28. The summed E-state index contributed by atoms with van der Waals surface area (Å²) in [5, 5.41) is 5.54. The van der Waals surface area contributed by atoms with Crippen molar-refractivity contribution < 1.29 is 14.3 Å². The van der Waals surface area contributed by atoms with Crippen molar-refractivity contribution in [3.63, 3.8) is 0 Å². The van der Waals surface area contributed by atoms with Crippen molar-refractivity contribution in [3.05, 3.63) is 40.4 Å². The lowest BCUT2D eigenvalue weighted by atomic mass is 9.99. The van der Waals surface area contributed by atoms with Gasteiger partial charge >= 0.3 is 0 Å². The molecule has 29 heavy (non-hydrogen) atoms. The van der Waals surface area contributed by atoms with Crippen molar-refractivity contribution in [1.82, 2.24) is 9.88 Å². The van der Waals surface area contributed by atoms with Crippen LogP contribution in [0.2, 0.25) is 0 Å². The average molecular weight is 416 g/mol. The van der Waals surface area contributed by atoms with Crippen LogP contribution in [0.4, 0.5) is 5.13 Å². The van der Waals surface area contributed by atoms with Crippen molar-refractivity contribution in [2.45, 2.75) is 33.2 Å². The van der Waals surface area contributed by atoms with Crippen LogP contribution in [0.3, 0.4) is 0 Å². The summed E-state index contributed by atoms with van der Waals surface area (Å²) in [5.41, 5.74) is 2.29. The molecule has 0 unspecified atom stereocenters. The van der Waals surface area contributed by atoms with Crippen LogP contribution in [0.25, 0.3) is 6.08 Å². The zero-order chi connectivity index (χ0) is 20.8. The van der Waals surface area contributed by atoms with Gasteiger partial charge in [-0.2, -0.15) is 0 Å². The molecule has 1 aromatic carbocycles. The third-order valence-electron chi connectivity index (χ3n) is 5.15. The number of carbonyl (C=O) groups excluding carboxylic acids is 1. The molecule has 156 valence electrons. The SMILES string of the molecule is C/C=C/c1cc(C(=O)Nc2nc(CN3CCC(C)CC3)cs2)cc(OC)c1OC. The summed E-state index contributed by atoms with van der Waals surface area (Å²) in [6, 6.07) is 3.48. The van der Waals surface area contributed by atoms with Gasteiger partial charge in [-0.1, -0.05) is 19.1 Å². The van der Waals surface area contributed by atoms with Crippen LogP contribution in [0.15, 0.2) is 23.6 Å². The summed E-state index contributed by atoms with van der Waals surface area (Å²) in [7, 11) is 3.15. The summed E-state index contributed by atoms with van der Waals surface area (Å²) < 4.78 is 10.8. The Morgan fingerprint density at radius 2 is 2.07 bits per heavy atom. The van der Waals surface area contributed by atoms with Gasteiger partial charge in [-0.3, -0.25) is 15.0 Å². The molecule has 0 aliphatic carbocycles. The number of nitrogens with zero attached hydrogens (tertiary/aromatic N) is 2. The molecule has 6 nitrogen and oxygen atoms in total. The molecule has 0 saturated carbocycles. The van der Waals surface area contributed by atoms with Crippen LogP contribution < -0.4 is 14.8 Å². The Morgan fingerprint density at radius 1 is 1.31 bits per heavy atom. The average Bonchev–Trinajstić information content (AvgIpc) is 3.16. The van der Waals surface area contributed by atoms with Crippen LogP contribution in [0, 0.1) is 5.92 Å². The van der Waals surface area contributed by atoms with Gasteiger partial charge in [0.25, 0.3) is 5.91 Å². The summed E-state index contributed by atoms with van der Waals surface area (Å²) >= 11 is 1.45. The van der Waals surface area contributed by atoms with Gasteiger partial charge in [-0.05, 0) is 50.9 Å². The molecule has 0 atom stereocenters. The van der Waals surface area contributed by atoms with Crippen LogP contribution in [0.5, 0.6) is 11.5 Å². The second-order valence-corrected chi connectivity index (χ2v) is 8.22. The number of rotatable bonds is 7. The maximum absolute atomic E-state index is 12.8. The van der Waals surface area contributed by atoms with Crippen molar-refractivity contribution >= 4 is 28.5 Å². The van der Waals surface area contributed by atoms with Crippen molar-refractivity contribution in [1.29, 1.82) is 0 Å². The molecule has 1 saturated heterocycles. The molecule has 1 aliphatic rings. The first kappa shape index (κ1) is 21.3. The number of ether oxygens (including phenoxy) is 2. The first-order valence-electron chi connectivity index (χ1n) is 9.90. The van der Waals surface area contributed by atoms with E-state index in [2.05, 4.69) is 22.1 Å². The fraction of sp³-hybridized carbons (Fsp3) is 0.455. The van der Waals surface area contributed by atoms with Gasteiger partial charge in [-0.15, -0.1) is 11.3 Å². The van der Waals surface area contributed by atoms with Gasteiger partial charge in [0.2, 0.25) is 0 Å². The Hall–Kier alpha value is -2.38. The van der Waals surface area contributed by atoms with E-state index in [1.165, 1.54) is 24.2 Å². The molecule has 3 rings (SSSR count). The number of benzene rings is 1. The number of hydrogen-bond donors (Lipinski definition) is 1. The molecule has 7 heteroatoms. The molecule has 1 aromatic heterocycles. The smallest absolute Gasteiger partial charge is 0.257 e. The number of amides is 1. The zero-order valence-electron chi connectivity index (χ0n) is 17.5. The Bertz CT molecular complexity index is 870. The number of likely N-dealkylation sites (tertiary alicyclic amines) is 1. The van der Waals surface area contributed by atoms with Crippen LogP contribution >= 0.6 is 11.3 Å². The largest absolute Gasteiger partial charge is 0.493 e. The Balaban J connectivity index is 1.70. The second-order valence-electron chi connectivity index (χ2n) is 7.36. The number of thiazole rings is 1. The van der Waals surface area contributed by atoms with Gasteiger partial charge in [-0.25, -0.2) is 4.98 Å². The number of nitrogens with one attached hydrogen (secondary N) is 1. The van der Waals surface area contributed by atoms with Crippen molar-refractivity contribution in [3.8, 4) is 11.5 Å². The number of piperidine rings is 1. The number of carbonyl (C=O) groups is 1. The van der Waals surface area contributed by atoms with E-state index in [-0.39, 0.29) is 5.91 Å². The molecular weight excluding hydrogens is 386 g/mol. The first-order valence-corrected chi connectivity index (χ1v) is 10.8. The number of allylic oxidation sites excluding steroid dienone is 1. The quantitative estimate of drug-likeness (QED) is 0.711. The van der Waals surface area contributed by atoms with Crippen LogP contribution in [-0.4, -0.2) is 43.1 Å². The monoisotopic (exact) mass is 415 g/mol. The van der Waals surface area contributed by atoms with E-state index in [9.17, 15) is 4.79 Å². The van der Waals surface area contributed by atoms with Gasteiger partial charge in [0, 0.05) is 23.1 Å². The van der Waals surface area contributed by atoms with E-state index in [1.54, 1.807) is 26.4 Å². The predicted octanol–water partition coefficient (Wildman–Crippen LogP) is 4.68. The van der Waals surface area contributed by atoms with Gasteiger partial charge in [0.05, 0.1) is 19.9 Å². The molecule has 0 bridgehead atoms. The summed E-state index contributed by atoms with van der Waals surface area (Å²) in [5.74, 6) is 1.72. The topological polar surface area (TPSA) is 63.7 Å². The maximum atomic E-state index is 12.8. The lowest BCUT2D eigenvalue weighted by Crippen LogP contribution is -2.32. The third-order valence-corrected chi connectivity index (χ3v) is 5.96. The second kappa shape index (κ2) is 9.89. The molecule has 1 amide bonds. The van der Waals surface area contributed by atoms with Gasteiger partial charge < -0.3 is 9.47 Å². The number of aromatic nitrogens is 1. The van der Waals surface area contributed by atoms with E-state index in [0.29, 0.717) is 22.2 Å². The highest BCUT2D eigenvalue weighted by Gasteiger charge is 2.18. The van der Waals surface area contributed by atoms with E-state index < -0.39 is 0 Å². The number of hydrogen-bond acceptors (Lipinski definition) is 6. The van der Waals surface area contributed by atoms with Crippen molar-refractivity contribution in [2.24, 2.45) is 5.92 Å². The van der Waals surface area contributed by atoms with E-state index in [4.69, 9.17) is 9.47 Å². The number of methoxy groups -OCH3 is 2. The van der Waals surface area contributed by atoms with E-state index >= 15 is 0 Å². The van der Waals surface area contributed by atoms with Crippen LogP contribution in [-0.2, 0) is 6.54 Å². The van der Waals surface area contributed by atoms with Gasteiger partial charge in [0.1, 0.15) is 0 Å². The fourth-order valence-corrected chi connectivity index (χ4v) is 4.18. The standard InChI is InChI=1S/C22H29N3O3S/c1-5-6-16-11-17(12-19(27-3)20(16)28-4)21(26)24-22-23-18(14-29-22)13-25-9-7-15(2)8-10-25/h5-6,11-12,14-15H,7-10,13H2,1-4H3,(H,23,24,26)/b6-5+. The Labute approximate surface area is 176 Å². The Morgan fingerprint density at radius 3 is 2.72 bits per heavy atom. The molecule has 1 fully saturated rings. The first-order chi connectivity index (χ1) is 14.0. The lowest BCUT2D eigenvalue weighted by molar-refractivity contribution is 0.102. The highest BCUT2D eigenvalue weighted by molar-refractivity contribution is 7.14. The van der Waals surface area contributed by atoms with Crippen LogP contribution in [0.1, 0.15) is 48.3 Å². The van der Waals surface area contributed by atoms with E-state index in [1.807, 2.05) is 24.5 Å². The molecule has 1 aliphatic heterocycles. The summed E-state index contributed by atoms with van der Waals surface area (Å²) in [4.78, 5) is 19.8. The molecule has 1 N–H and O–H groups in total. The molecular formula is C22H29N3O3S. The lowest BCUT2D eigenvalue weighted by Gasteiger charge is -2.29.